The Labute approximate surface area is 92.6 Å². The van der Waals surface area contributed by atoms with E-state index in [4.69, 9.17) is 11.6 Å². The van der Waals surface area contributed by atoms with Crippen LogP contribution in [0.5, 0.6) is 0 Å². The lowest BCUT2D eigenvalue weighted by Gasteiger charge is -2.15. The summed E-state index contributed by atoms with van der Waals surface area (Å²) in [6.07, 6.45) is 0.916. The van der Waals surface area contributed by atoms with Crippen LogP contribution in [0.3, 0.4) is 0 Å². The minimum absolute atomic E-state index is 0.0324. The van der Waals surface area contributed by atoms with Crippen LogP contribution in [0.2, 0.25) is 0 Å². The summed E-state index contributed by atoms with van der Waals surface area (Å²) in [5.41, 5.74) is 4.42. The van der Waals surface area contributed by atoms with Crippen molar-refractivity contribution in [3.63, 3.8) is 0 Å². The van der Waals surface area contributed by atoms with E-state index in [0.717, 1.165) is 28.9 Å². The summed E-state index contributed by atoms with van der Waals surface area (Å²) in [6.45, 7) is 12.1. The lowest BCUT2D eigenvalue weighted by atomic mass is 9.95. The molecule has 0 spiro atoms. The summed E-state index contributed by atoms with van der Waals surface area (Å²) in [4.78, 5) is 4.27. The fraction of sp³-hybridized carbons (Fsp3) is 0.583. The zero-order valence-electron chi connectivity index (χ0n) is 9.82. The third-order valence-electron chi connectivity index (χ3n) is 2.31. The highest BCUT2D eigenvalue weighted by atomic mass is 35.5. The van der Waals surface area contributed by atoms with E-state index >= 15 is 0 Å². The van der Waals surface area contributed by atoms with Crippen LogP contribution in [0.15, 0.2) is 28.3 Å². The van der Waals surface area contributed by atoms with E-state index in [2.05, 4.69) is 18.5 Å². The zero-order valence-corrected chi connectivity index (χ0v) is 10.6. The average molecular weight is 214 g/mol. The first-order chi connectivity index (χ1) is 6.45. The van der Waals surface area contributed by atoms with E-state index < -0.39 is 0 Å². The van der Waals surface area contributed by atoms with Gasteiger partial charge < -0.3 is 0 Å². The Morgan fingerprint density at radius 2 is 1.93 bits per heavy atom. The van der Waals surface area contributed by atoms with Crippen LogP contribution in [-0.4, -0.2) is 18.1 Å². The molecule has 0 aromatic carbocycles. The number of allylic oxidation sites excluding steroid dienone is 3. The van der Waals surface area contributed by atoms with Crippen molar-refractivity contribution < 1.29 is 0 Å². The van der Waals surface area contributed by atoms with Crippen LogP contribution in [0.4, 0.5) is 0 Å². The van der Waals surface area contributed by atoms with Crippen LogP contribution in [0, 0.1) is 0 Å². The molecule has 0 unspecified atom stereocenters. The molecule has 0 aliphatic rings. The number of alkyl halides is 1. The second-order valence-electron chi connectivity index (χ2n) is 3.48. The third-order valence-corrected chi connectivity index (χ3v) is 2.64. The number of rotatable bonds is 4. The van der Waals surface area contributed by atoms with Crippen molar-refractivity contribution >= 4 is 17.3 Å². The first-order valence-electron chi connectivity index (χ1n) is 4.92. The van der Waals surface area contributed by atoms with Gasteiger partial charge in [0.25, 0.3) is 0 Å². The predicted octanol–water partition coefficient (Wildman–Crippen LogP) is 3.99. The van der Waals surface area contributed by atoms with Gasteiger partial charge in [-0.05, 0) is 43.9 Å². The lowest BCUT2D eigenvalue weighted by Crippen LogP contribution is -2.09. The van der Waals surface area contributed by atoms with E-state index in [1.54, 1.807) is 0 Å². The number of hydrogen-bond donors (Lipinski definition) is 0. The summed E-state index contributed by atoms with van der Waals surface area (Å²) in [7, 11) is 1.81. The van der Waals surface area contributed by atoms with Crippen LogP contribution in [0.25, 0.3) is 0 Å². The summed E-state index contributed by atoms with van der Waals surface area (Å²) in [6, 6.07) is 0. The monoisotopic (exact) mass is 213 g/mol. The van der Waals surface area contributed by atoms with Crippen LogP contribution < -0.4 is 0 Å². The molecule has 0 N–H and O–H groups in total. The molecule has 0 fully saturated rings. The SMILES string of the molecule is C=C(C)/C(C(CC)=NC)=C(\C)[C@@H](C)Cl. The van der Waals surface area contributed by atoms with Crippen molar-refractivity contribution in [3.05, 3.63) is 23.3 Å². The Hall–Kier alpha value is -0.560. The molecule has 0 aromatic rings. The van der Waals surface area contributed by atoms with Gasteiger partial charge in [-0.15, -0.1) is 11.6 Å². The molecule has 1 nitrogen and oxygen atoms in total. The first kappa shape index (κ1) is 13.4. The molecule has 0 aliphatic carbocycles. The van der Waals surface area contributed by atoms with Gasteiger partial charge in [0.15, 0.2) is 0 Å². The largest absolute Gasteiger partial charge is 0.292 e. The summed E-state index contributed by atoms with van der Waals surface area (Å²) in [5, 5.41) is 0.0324. The molecule has 0 heterocycles. The van der Waals surface area contributed by atoms with Gasteiger partial charge in [0.05, 0.1) is 5.38 Å². The summed E-state index contributed by atoms with van der Waals surface area (Å²) in [5.74, 6) is 0. The van der Waals surface area contributed by atoms with Crippen molar-refractivity contribution in [1.29, 1.82) is 0 Å². The van der Waals surface area contributed by atoms with Gasteiger partial charge in [-0.1, -0.05) is 13.5 Å². The van der Waals surface area contributed by atoms with E-state index in [1.807, 2.05) is 27.8 Å². The molecular formula is C12H20ClN. The third kappa shape index (κ3) is 3.30. The standard InChI is InChI=1S/C12H20ClN/c1-7-11(14-6)12(8(2)3)9(4)10(5)13/h10H,2,7H2,1,3-6H3/b12-9-,14-11?/t10-/m1/s1. The van der Waals surface area contributed by atoms with Gasteiger partial charge in [-0.2, -0.15) is 0 Å². The molecule has 1 atom stereocenters. The molecular weight excluding hydrogens is 194 g/mol. The van der Waals surface area contributed by atoms with E-state index in [0.29, 0.717) is 0 Å². The zero-order chi connectivity index (χ0) is 11.3. The molecule has 0 bridgehead atoms. The lowest BCUT2D eigenvalue weighted by molar-refractivity contribution is 1.08. The first-order valence-corrected chi connectivity index (χ1v) is 5.36. The van der Waals surface area contributed by atoms with Crippen molar-refractivity contribution in [1.82, 2.24) is 0 Å². The minimum atomic E-state index is 0.0324. The van der Waals surface area contributed by atoms with Gasteiger partial charge >= 0.3 is 0 Å². The minimum Gasteiger partial charge on any atom is -0.292 e. The molecule has 0 rings (SSSR count). The summed E-state index contributed by atoms with van der Waals surface area (Å²) < 4.78 is 0. The normalized spacial score (nSPS) is 16.3. The smallest absolute Gasteiger partial charge is 0.0523 e. The van der Waals surface area contributed by atoms with Crippen LogP contribution >= 0.6 is 11.6 Å². The fourth-order valence-corrected chi connectivity index (χ4v) is 1.57. The number of aliphatic imine (C=N–C) groups is 1. The van der Waals surface area contributed by atoms with Crippen LogP contribution in [-0.2, 0) is 0 Å². The Kier molecular flexibility index (Phi) is 5.78. The van der Waals surface area contributed by atoms with Crippen LogP contribution in [0.1, 0.15) is 34.1 Å². The molecule has 0 aliphatic heterocycles. The van der Waals surface area contributed by atoms with Crippen molar-refractivity contribution in [2.24, 2.45) is 4.99 Å². The van der Waals surface area contributed by atoms with Crippen molar-refractivity contribution in [2.45, 2.75) is 39.5 Å². The van der Waals surface area contributed by atoms with E-state index in [-0.39, 0.29) is 5.38 Å². The van der Waals surface area contributed by atoms with Gasteiger partial charge in [0.2, 0.25) is 0 Å². The molecule has 2 heteroatoms. The van der Waals surface area contributed by atoms with Crippen molar-refractivity contribution in [3.8, 4) is 0 Å². The topological polar surface area (TPSA) is 12.4 Å². The molecule has 0 amide bonds. The van der Waals surface area contributed by atoms with Gasteiger partial charge in [-0.3, -0.25) is 4.99 Å². The fourth-order valence-electron chi connectivity index (χ4n) is 1.46. The molecule has 0 saturated carbocycles. The highest BCUT2D eigenvalue weighted by Crippen LogP contribution is 2.21. The highest BCUT2D eigenvalue weighted by Gasteiger charge is 2.12. The van der Waals surface area contributed by atoms with Gasteiger partial charge in [-0.25, -0.2) is 0 Å². The Bertz CT molecular complexity index is 272. The maximum Gasteiger partial charge on any atom is 0.0523 e. The number of halogens is 1. The summed E-state index contributed by atoms with van der Waals surface area (Å²) >= 11 is 6.07. The quantitative estimate of drug-likeness (QED) is 0.381. The Balaban J connectivity index is 5.35. The predicted molar refractivity (Wildman–Crippen MR) is 66.5 cm³/mol. The highest BCUT2D eigenvalue weighted by molar-refractivity contribution is 6.22. The molecule has 80 valence electrons. The molecule has 0 saturated heterocycles. The molecule has 14 heavy (non-hydrogen) atoms. The number of nitrogens with zero attached hydrogens (tertiary/aromatic N) is 1. The second-order valence-corrected chi connectivity index (χ2v) is 4.13. The van der Waals surface area contributed by atoms with E-state index in [1.165, 1.54) is 0 Å². The van der Waals surface area contributed by atoms with Gasteiger partial charge in [0.1, 0.15) is 0 Å². The molecule has 0 aromatic heterocycles. The average Bonchev–Trinajstić information content (AvgIpc) is 2.12. The van der Waals surface area contributed by atoms with Crippen molar-refractivity contribution in [2.75, 3.05) is 7.05 Å². The molecule has 0 radical (unpaired) electrons. The van der Waals surface area contributed by atoms with E-state index in [9.17, 15) is 0 Å². The second kappa shape index (κ2) is 6.02. The maximum atomic E-state index is 6.07. The maximum absolute atomic E-state index is 6.07. The van der Waals surface area contributed by atoms with Gasteiger partial charge in [0, 0.05) is 12.8 Å². The Morgan fingerprint density at radius 1 is 1.43 bits per heavy atom. The number of hydrogen-bond acceptors (Lipinski definition) is 1. The Morgan fingerprint density at radius 3 is 2.14 bits per heavy atom.